The van der Waals surface area contributed by atoms with E-state index in [-0.39, 0.29) is 12.6 Å². The molecule has 158 valence electrons. The molecular weight excluding hydrogens is 364 g/mol. The summed E-state index contributed by atoms with van der Waals surface area (Å²) >= 11 is 0. The fourth-order valence-electron chi connectivity index (χ4n) is 3.78. The predicted octanol–water partition coefficient (Wildman–Crippen LogP) is 2.46. The number of ether oxygens (including phenoxy) is 1. The second-order valence-corrected chi connectivity index (χ2v) is 7.98. The molecular formula is C24H34N2O3. The number of benzene rings is 2. The molecule has 29 heavy (non-hydrogen) atoms. The van der Waals surface area contributed by atoms with Gasteiger partial charge in [-0.1, -0.05) is 60.2 Å². The van der Waals surface area contributed by atoms with E-state index in [4.69, 9.17) is 4.74 Å². The Morgan fingerprint density at radius 1 is 0.897 bits per heavy atom. The number of aliphatic hydroxyl groups excluding tert-OH is 2. The Hall–Kier alpha value is -1.76. The van der Waals surface area contributed by atoms with Crippen molar-refractivity contribution in [3.05, 3.63) is 71.3 Å². The summed E-state index contributed by atoms with van der Waals surface area (Å²) < 4.78 is 5.52. The van der Waals surface area contributed by atoms with Crippen LogP contribution in [0.2, 0.25) is 0 Å². The largest absolute Gasteiger partial charge is 0.391 e. The number of aryl methyl sites for hydroxylation is 1. The molecule has 0 saturated carbocycles. The van der Waals surface area contributed by atoms with Crippen LogP contribution < -0.4 is 0 Å². The summed E-state index contributed by atoms with van der Waals surface area (Å²) in [5.74, 6) is 0. The van der Waals surface area contributed by atoms with Crippen molar-refractivity contribution in [2.24, 2.45) is 0 Å². The molecule has 1 saturated heterocycles. The van der Waals surface area contributed by atoms with Crippen molar-refractivity contribution in [1.82, 2.24) is 9.80 Å². The maximum Gasteiger partial charge on any atom is 0.103 e. The Morgan fingerprint density at radius 3 is 2.14 bits per heavy atom. The molecule has 1 fully saturated rings. The summed E-state index contributed by atoms with van der Waals surface area (Å²) in [5.41, 5.74) is 3.96. The monoisotopic (exact) mass is 398 g/mol. The van der Waals surface area contributed by atoms with Gasteiger partial charge in [-0.25, -0.2) is 0 Å². The highest BCUT2D eigenvalue weighted by molar-refractivity contribution is 5.33. The maximum absolute atomic E-state index is 9.60. The summed E-state index contributed by atoms with van der Waals surface area (Å²) in [6.07, 6.45) is -1.57. The summed E-state index contributed by atoms with van der Waals surface area (Å²) in [4.78, 5) is 4.97. The molecule has 2 aromatic carbocycles. The van der Waals surface area contributed by atoms with Crippen LogP contribution in [0.15, 0.2) is 54.6 Å². The van der Waals surface area contributed by atoms with Gasteiger partial charge in [0.1, 0.15) is 6.10 Å². The van der Waals surface area contributed by atoms with E-state index < -0.39 is 12.2 Å². The molecule has 5 heteroatoms. The van der Waals surface area contributed by atoms with Gasteiger partial charge in [-0.05, 0) is 25.0 Å². The number of rotatable bonds is 9. The lowest BCUT2D eigenvalue weighted by atomic mass is 9.95. The van der Waals surface area contributed by atoms with Crippen LogP contribution in [0, 0.1) is 6.92 Å². The second-order valence-electron chi connectivity index (χ2n) is 7.98. The molecule has 5 nitrogen and oxygen atoms in total. The quantitative estimate of drug-likeness (QED) is 0.636. The molecule has 0 aliphatic carbocycles. The Bertz CT molecular complexity index is 713. The zero-order chi connectivity index (χ0) is 20.6. The van der Waals surface area contributed by atoms with Crippen LogP contribution in [0.5, 0.6) is 0 Å². The molecule has 3 unspecified atom stereocenters. The molecule has 0 amide bonds. The van der Waals surface area contributed by atoms with Gasteiger partial charge in [0.2, 0.25) is 0 Å². The van der Waals surface area contributed by atoms with Gasteiger partial charge in [-0.2, -0.15) is 0 Å². The Morgan fingerprint density at radius 2 is 1.52 bits per heavy atom. The van der Waals surface area contributed by atoms with Gasteiger partial charge in [0.25, 0.3) is 0 Å². The number of hydrogen-bond acceptors (Lipinski definition) is 5. The number of hydrogen-bond donors (Lipinski definition) is 2. The smallest absolute Gasteiger partial charge is 0.103 e. The Kier molecular flexibility index (Phi) is 8.21. The summed E-state index contributed by atoms with van der Waals surface area (Å²) in [7, 11) is 0. The van der Waals surface area contributed by atoms with Crippen molar-refractivity contribution in [3.63, 3.8) is 0 Å². The van der Waals surface area contributed by atoms with E-state index in [1.54, 1.807) is 6.92 Å². The first-order valence-electron chi connectivity index (χ1n) is 10.6. The van der Waals surface area contributed by atoms with E-state index >= 15 is 0 Å². The predicted molar refractivity (Wildman–Crippen MR) is 116 cm³/mol. The first kappa shape index (κ1) is 21.9. The number of aliphatic hydroxyl groups is 2. The fraction of sp³-hybridized carbons (Fsp3) is 0.500. The van der Waals surface area contributed by atoms with Crippen molar-refractivity contribution < 1.29 is 14.9 Å². The number of nitrogens with zero attached hydrogens (tertiary/aromatic N) is 2. The van der Waals surface area contributed by atoms with Crippen LogP contribution in [0.4, 0.5) is 0 Å². The standard InChI is InChI=1S/C24H34N2O3/c1-19-8-10-22(11-9-19)24(21-6-4-3-5-7-21)26-14-12-25(13-15-26)16-17-29-18-23(28)20(2)27/h3-11,20,23-24,27-28H,12-18H2,1-2H3. The minimum absolute atomic E-state index is 0.182. The lowest BCUT2D eigenvalue weighted by Gasteiger charge is -2.39. The van der Waals surface area contributed by atoms with E-state index in [2.05, 4.69) is 71.3 Å². The van der Waals surface area contributed by atoms with Crippen LogP contribution in [-0.2, 0) is 4.74 Å². The van der Waals surface area contributed by atoms with Gasteiger partial charge >= 0.3 is 0 Å². The van der Waals surface area contributed by atoms with E-state index in [0.717, 1.165) is 32.7 Å². The lowest BCUT2D eigenvalue weighted by molar-refractivity contribution is -0.0354. The molecule has 1 aliphatic rings. The van der Waals surface area contributed by atoms with Crippen LogP contribution in [0.3, 0.4) is 0 Å². The number of piperazine rings is 1. The third-order valence-corrected chi connectivity index (χ3v) is 5.68. The third-order valence-electron chi connectivity index (χ3n) is 5.68. The molecule has 3 rings (SSSR count). The fourth-order valence-corrected chi connectivity index (χ4v) is 3.78. The van der Waals surface area contributed by atoms with Gasteiger partial charge in [0.05, 0.1) is 25.4 Å². The van der Waals surface area contributed by atoms with Gasteiger partial charge in [0, 0.05) is 32.7 Å². The van der Waals surface area contributed by atoms with Gasteiger partial charge in [-0.15, -0.1) is 0 Å². The third kappa shape index (κ3) is 6.36. The van der Waals surface area contributed by atoms with E-state index in [1.165, 1.54) is 16.7 Å². The highest BCUT2D eigenvalue weighted by Crippen LogP contribution is 2.29. The zero-order valence-electron chi connectivity index (χ0n) is 17.6. The Balaban J connectivity index is 1.56. The highest BCUT2D eigenvalue weighted by atomic mass is 16.5. The minimum Gasteiger partial charge on any atom is -0.391 e. The van der Waals surface area contributed by atoms with E-state index in [1.807, 2.05) is 0 Å². The summed E-state index contributed by atoms with van der Waals surface area (Å²) in [6, 6.07) is 19.9. The summed E-state index contributed by atoms with van der Waals surface area (Å²) in [5, 5.41) is 18.9. The molecule has 3 atom stereocenters. The molecule has 0 radical (unpaired) electrons. The molecule has 2 N–H and O–H groups in total. The zero-order valence-corrected chi connectivity index (χ0v) is 17.6. The average Bonchev–Trinajstić information content (AvgIpc) is 2.74. The molecule has 0 bridgehead atoms. The Labute approximate surface area is 174 Å². The molecule has 0 spiro atoms. The second kappa shape index (κ2) is 10.9. The van der Waals surface area contributed by atoms with Gasteiger partial charge < -0.3 is 14.9 Å². The SMILES string of the molecule is Cc1ccc(C(c2ccccc2)N2CCN(CCOCC(O)C(C)O)CC2)cc1. The van der Waals surface area contributed by atoms with E-state index in [0.29, 0.717) is 6.61 Å². The minimum atomic E-state index is -0.812. The van der Waals surface area contributed by atoms with Crippen LogP contribution in [-0.4, -0.2) is 78.2 Å². The van der Waals surface area contributed by atoms with Crippen molar-refractivity contribution >= 4 is 0 Å². The molecule has 0 aromatic heterocycles. The van der Waals surface area contributed by atoms with Crippen molar-refractivity contribution in [3.8, 4) is 0 Å². The molecule has 2 aromatic rings. The van der Waals surface area contributed by atoms with Crippen molar-refractivity contribution in [2.75, 3.05) is 45.9 Å². The van der Waals surface area contributed by atoms with Crippen molar-refractivity contribution in [1.29, 1.82) is 0 Å². The van der Waals surface area contributed by atoms with Gasteiger partial charge in [0.15, 0.2) is 0 Å². The van der Waals surface area contributed by atoms with Crippen molar-refractivity contribution in [2.45, 2.75) is 32.1 Å². The van der Waals surface area contributed by atoms with Crippen LogP contribution in [0.25, 0.3) is 0 Å². The first-order valence-corrected chi connectivity index (χ1v) is 10.6. The van der Waals surface area contributed by atoms with E-state index in [9.17, 15) is 10.2 Å². The lowest BCUT2D eigenvalue weighted by Crippen LogP contribution is -2.48. The summed E-state index contributed by atoms with van der Waals surface area (Å²) in [6.45, 7) is 9.31. The molecule has 1 heterocycles. The first-order chi connectivity index (χ1) is 14.0. The highest BCUT2D eigenvalue weighted by Gasteiger charge is 2.26. The average molecular weight is 399 g/mol. The maximum atomic E-state index is 9.60. The topological polar surface area (TPSA) is 56.2 Å². The van der Waals surface area contributed by atoms with Crippen LogP contribution >= 0.6 is 0 Å². The molecule has 1 aliphatic heterocycles. The normalized spacial score (nSPS) is 19.0. The van der Waals surface area contributed by atoms with Gasteiger partial charge in [-0.3, -0.25) is 9.80 Å². The van der Waals surface area contributed by atoms with Crippen LogP contribution in [0.1, 0.15) is 29.7 Å².